The summed E-state index contributed by atoms with van der Waals surface area (Å²) in [5, 5.41) is 3.45. The van der Waals surface area contributed by atoms with Crippen molar-refractivity contribution in [3.8, 4) is 0 Å². The summed E-state index contributed by atoms with van der Waals surface area (Å²) >= 11 is 0. The van der Waals surface area contributed by atoms with E-state index in [2.05, 4.69) is 35.0 Å². The average molecular weight is 376 g/mol. The van der Waals surface area contributed by atoms with Crippen molar-refractivity contribution < 1.29 is 4.79 Å². The van der Waals surface area contributed by atoms with Crippen LogP contribution in [-0.2, 0) is 4.79 Å². The molecule has 3 aliphatic rings. The van der Waals surface area contributed by atoms with E-state index < -0.39 is 0 Å². The van der Waals surface area contributed by atoms with Crippen LogP contribution in [0.3, 0.4) is 0 Å². The maximum atomic E-state index is 12.7. The maximum absolute atomic E-state index is 12.7. The largest absolute Gasteiger partial charge is 0.357 e. The van der Waals surface area contributed by atoms with E-state index in [0.29, 0.717) is 5.91 Å². The van der Waals surface area contributed by atoms with Gasteiger partial charge in [0, 0.05) is 52.4 Å². The van der Waals surface area contributed by atoms with Gasteiger partial charge in [0.15, 0.2) is 5.96 Å². The van der Waals surface area contributed by atoms with Gasteiger partial charge in [0.2, 0.25) is 5.91 Å². The molecule has 1 amide bonds. The number of amides is 1. The molecule has 0 aromatic heterocycles. The smallest absolute Gasteiger partial charge is 0.239 e. The van der Waals surface area contributed by atoms with Crippen molar-refractivity contribution in [3.63, 3.8) is 0 Å². The molecule has 2 heterocycles. The molecule has 1 N–H and O–H groups in total. The van der Waals surface area contributed by atoms with Gasteiger partial charge in [0.1, 0.15) is 0 Å². The number of rotatable bonds is 6. The molecule has 6 nitrogen and oxygen atoms in total. The lowest BCUT2D eigenvalue weighted by Crippen LogP contribution is -2.57. The number of hydrogen-bond acceptors (Lipinski definition) is 3. The van der Waals surface area contributed by atoms with E-state index >= 15 is 0 Å². The number of aliphatic imine (C=N–C) groups is 1. The average Bonchev–Trinajstić information content (AvgIpc) is 3.40. The molecule has 27 heavy (non-hydrogen) atoms. The van der Waals surface area contributed by atoms with Crippen molar-refractivity contribution in [1.82, 2.24) is 20.0 Å². The van der Waals surface area contributed by atoms with Gasteiger partial charge in [-0.3, -0.25) is 14.7 Å². The van der Waals surface area contributed by atoms with Gasteiger partial charge < -0.3 is 15.1 Å². The Hall–Kier alpha value is -1.56. The number of likely N-dealkylation sites (tertiary alicyclic amines) is 1. The van der Waals surface area contributed by atoms with Crippen molar-refractivity contribution in [2.24, 2.45) is 4.99 Å². The minimum atomic E-state index is -0.000855. The summed E-state index contributed by atoms with van der Waals surface area (Å²) in [7, 11) is 0. The van der Waals surface area contributed by atoms with Crippen LogP contribution >= 0.6 is 0 Å². The number of carbonyl (C=O) groups excluding carboxylic acids is 1. The fourth-order valence-electron chi connectivity index (χ4n) is 4.37. The van der Waals surface area contributed by atoms with E-state index in [1.165, 1.54) is 19.3 Å². The minimum absolute atomic E-state index is 0.000855. The molecule has 152 valence electrons. The number of nitrogens with one attached hydrogen (secondary N) is 1. The van der Waals surface area contributed by atoms with E-state index in [4.69, 9.17) is 4.99 Å². The maximum Gasteiger partial charge on any atom is 0.239 e. The predicted octanol–water partition coefficient (Wildman–Crippen LogP) is 2.08. The van der Waals surface area contributed by atoms with Gasteiger partial charge in [0.25, 0.3) is 0 Å². The zero-order valence-corrected chi connectivity index (χ0v) is 17.3. The van der Waals surface area contributed by atoms with E-state index in [1.807, 2.05) is 4.90 Å². The lowest BCUT2D eigenvalue weighted by molar-refractivity contribution is -0.135. The molecule has 1 aliphatic carbocycles. The number of carbonyl (C=O) groups is 1. The van der Waals surface area contributed by atoms with E-state index in [-0.39, 0.29) is 6.04 Å². The van der Waals surface area contributed by atoms with E-state index in [9.17, 15) is 4.79 Å². The van der Waals surface area contributed by atoms with Gasteiger partial charge in [0.05, 0.1) is 6.04 Å². The number of allylic oxidation sites excluding steroid dienone is 1. The zero-order chi connectivity index (χ0) is 19.1. The fourth-order valence-corrected chi connectivity index (χ4v) is 4.37. The third-order valence-electron chi connectivity index (χ3n) is 6.10. The molecular weight excluding hydrogens is 338 g/mol. The second-order valence-corrected chi connectivity index (χ2v) is 7.97. The van der Waals surface area contributed by atoms with Crippen LogP contribution in [0.25, 0.3) is 0 Å². The monoisotopic (exact) mass is 375 g/mol. The molecule has 0 spiro atoms. The van der Waals surface area contributed by atoms with Crippen molar-refractivity contribution in [2.45, 2.75) is 58.4 Å². The van der Waals surface area contributed by atoms with Gasteiger partial charge >= 0.3 is 0 Å². The molecule has 6 heteroatoms. The summed E-state index contributed by atoms with van der Waals surface area (Å²) in [5.74, 6) is 1.35. The quantitative estimate of drug-likeness (QED) is 0.439. The summed E-state index contributed by atoms with van der Waals surface area (Å²) in [6.45, 7) is 11.6. The fraction of sp³-hybridized carbons (Fsp3) is 0.810. The van der Waals surface area contributed by atoms with Crippen LogP contribution < -0.4 is 5.32 Å². The first-order chi connectivity index (χ1) is 13.2. The molecular formula is C21H37N5O. The highest BCUT2D eigenvalue weighted by Crippen LogP contribution is 2.20. The van der Waals surface area contributed by atoms with Crippen LogP contribution in [0.15, 0.2) is 16.6 Å². The second kappa shape index (κ2) is 10.1. The van der Waals surface area contributed by atoms with E-state index in [1.54, 1.807) is 5.57 Å². The predicted molar refractivity (Wildman–Crippen MR) is 111 cm³/mol. The van der Waals surface area contributed by atoms with Crippen LogP contribution in [0, 0.1) is 0 Å². The molecule has 0 radical (unpaired) electrons. The number of hydrogen-bond donors (Lipinski definition) is 1. The van der Waals surface area contributed by atoms with Gasteiger partial charge in [-0.25, -0.2) is 0 Å². The normalized spacial score (nSPS) is 22.9. The third kappa shape index (κ3) is 5.47. The van der Waals surface area contributed by atoms with Gasteiger partial charge in [-0.1, -0.05) is 11.6 Å². The topological polar surface area (TPSA) is 51.2 Å². The standard InChI is InChI=1S/C21H37N5O/c1-3-22-21(23-11-10-19-8-4-5-9-19)26-16-14-24(15-17-26)18(2)20(27)25-12-6-7-13-25/h8,18H,3-7,9-17H2,1-2H3,(H,22,23). The Morgan fingerprint density at radius 1 is 1.11 bits per heavy atom. The van der Waals surface area contributed by atoms with Gasteiger partial charge in [-0.15, -0.1) is 0 Å². The Kier molecular flexibility index (Phi) is 7.56. The first-order valence-electron chi connectivity index (χ1n) is 10.9. The highest BCUT2D eigenvalue weighted by atomic mass is 16.2. The van der Waals surface area contributed by atoms with Crippen LogP contribution in [0.5, 0.6) is 0 Å². The molecule has 3 rings (SSSR count). The minimum Gasteiger partial charge on any atom is -0.357 e. The van der Waals surface area contributed by atoms with Crippen molar-refractivity contribution in [1.29, 1.82) is 0 Å². The third-order valence-corrected chi connectivity index (χ3v) is 6.10. The first-order valence-corrected chi connectivity index (χ1v) is 10.9. The van der Waals surface area contributed by atoms with Crippen LogP contribution in [-0.4, -0.2) is 85.0 Å². The molecule has 1 unspecified atom stereocenters. The molecule has 0 aromatic carbocycles. The Morgan fingerprint density at radius 3 is 2.48 bits per heavy atom. The Bertz CT molecular complexity index is 545. The Morgan fingerprint density at radius 2 is 1.85 bits per heavy atom. The summed E-state index contributed by atoms with van der Waals surface area (Å²) in [6, 6.07) is -0.000855. The van der Waals surface area contributed by atoms with Crippen LogP contribution in [0.2, 0.25) is 0 Å². The van der Waals surface area contributed by atoms with Crippen LogP contribution in [0.1, 0.15) is 52.4 Å². The summed E-state index contributed by atoms with van der Waals surface area (Å²) < 4.78 is 0. The first kappa shape index (κ1) is 20.2. The summed E-state index contributed by atoms with van der Waals surface area (Å²) in [5.41, 5.74) is 1.58. The number of nitrogens with zero attached hydrogens (tertiary/aromatic N) is 4. The molecule has 1 atom stereocenters. The zero-order valence-electron chi connectivity index (χ0n) is 17.3. The summed E-state index contributed by atoms with van der Waals surface area (Å²) in [6.07, 6.45) is 9.62. The molecule has 2 fully saturated rings. The highest BCUT2D eigenvalue weighted by Gasteiger charge is 2.30. The lowest BCUT2D eigenvalue weighted by atomic mass is 10.2. The molecule has 2 aliphatic heterocycles. The summed E-state index contributed by atoms with van der Waals surface area (Å²) in [4.78, 5) is 24.3. The molecule has 2 saturated heterocycles. The molecule has 0 saturated carbocycles. The van der Waals surface area contributed by atoms with Crippen molar-refractivity contribution in [2.75, 3.05) is 52.4 Å². The van der Waals surface area contributed by atoms with Crippen molar-refractivity contribution in [3.05, 3.63) is 11.6 Å². The number of piperazine rings is 1. The molecule has 0 bridgehead atoms. The van der Waals surface area contributed by atoms with Crippen LogP contribution in [0.4, 0.5) is 0 Å². The SMILES string of the molecule is CCNC(=NCCC1=CCCC1)N1CCN(C(C)C(=O)N2CCCC2)CC1. The number of guanidine groups is 1. The Balaban J connectivity index is 1.48. The second-order valence-electron chi connectivity index (χ2n) is 7.97. The van der Waals surface area contributed by atoms with E-state index in [0.717, 1.165) is 77.6 Å². The van der Waals surface area contributed by atoms with Gasteiger partial charge in [-0.05, 0) is 52.4 Å². The van der Waals surface area contributed by atoms with Gasteiger partial charge in [-0.2, -0.15) is 0 Å². The molecule has 0 aromatic rings. The van der Waals surface area contributed by atoms with Crippen molar-refractivity contribution >= 4 is 11.9 Å². The lowest BCUT2D eigenvalue weighted by Gasteiger charge is -2.39. The highest BCUT2D eigenvalue weighted by molar-refractivity contribution is 5.82. The Labute approximate surface area is 164 Å².